The van der Waals surface area contributed by atoms with Gasteiger partial charge in [0.1, 0.15) is 6.07 Å². The van der Waals surface area contributed by atoms with Crippen molar-refractivity contribution < 1.29 is 18.1 Å². The molecule has 8 heteroatoms. The van der Waals surface area contributed by atoms with Crippen LogP contribution in [0.2, 0.25) is 0 Å². The summed E-state index contributed by atoms with van der Waals surface area (Å²) in [6.07, 6.45) is -4.27. The molecule has 1 aromatic rings. The van der Waals surface area contributed by atoms with Crippen LogP contribution in [-0.2, 0) is 0 Å². The molecule has 1 aliphatic rings. The van der Waals surface area contributed by atoms with Gasteiger partial charge >= 0.3 is 6.18 Å². The SMILES string of the molecule is N#Cc1cc([N+](=O)[O-])ccc1N1CCC(C(F)(F)F)CC1. The summed E-state index contributed by atoms with van der Waals surface area (Å²) in [5.41, 5.74) is 0.346. The van der Waals surface area contributed by atoms with E-state index in [-0.39, 0.29) is 37.2 Å². The average Bonchev–Trinajstić information content (AvgIpc) is 2.45. The fourth-order valence-corrected chi connectivity index (χ4v) is 2.45. The van der Waals surface area contributed by atoms with E-state index >= 15 is 0 Å². The van der Waals surface area contributed by atoms with E-state index in [0.29, 0.717) is 5.69 Å². The predicted octanol–water partition coefficient (Wildman–Crippen LogP) is 3.25. The molecule has 1 saturated heterocycles. The topological polar surface area (TPSA) is 70.2 Å². The Bertz CT molecular complexity index is 587. The smallest absolute Gasteiger partial charge is 0.370 e. The van der Waals surface area contributed by atoms with Crippen LogP contribution in [0.1, 0.15) is 18.4 Å². The van der Waals surface area contributed by atoms with Gasteiger partial charge in [0.15, 0.2) is 0 Å². The molecule has 0 radical (unpaired) electrons. The zero-order valence-corrected chi connectivity index (χ0v) is 10.9. The maximum absolute atomic E-state index is 12.6. The number of nitriles is 1. The fourth-order valence-electron chi connectivity index (χ4n) is 2.45. The Morgan fingerprint density at radius 2 is 1.95 bits per heavy atom. The van der Waals surface area contributed by atoms with Crippen molar-refractivity contribution >= 4 is 11.4 Å². The molecule has 1 fully saturated rings. The first-order valence-corrected chi connectivity index (χ1v) is 6.33. The van der Waals surface area contributed by atoms with E-state index in [4.69, 9.17) is 5.26 Å². The number of anilines is 1. The molecule has 0 atom stereocenters. The van der Waals surface area contributed by atoms with Gasteiger partial charge in [0.25, 0.3) is 5.69 Å². The minimum Gasteiger partial charge on any atom is -0.370 e. The number of hydrogen-bond acceptors (Lipinski definition) is 4. The van der Waals surface area contributed by atoms with Crippen LogP contribution in [0.25, 0.3) is 0 Å². The predicted molar refractivity (Wildman–Crippen MR) is 68.8 cm³/mol. The molecule has 1 aromatic carbocycles. The van der Waals surface area contributed by atoms with Crippen LogP contribution < -0.4 is 4.90 Å². The second-order valence-corrected chi connectivity index (χ2v) is 4.87. The summed E-state index contributed by atoms with van der Waals surface area (Å²) >= 11 is 0. The van der Waals surface area contributed by atoms with Gasteiger partial charge in [-0.3, -0.25) is 10.1 Å². The molecule has 0 bridgehead atoms. The van der Waals surface area contributed by atoms with Crippen molar-refractivity contribution in [3.63, 3.8) is 0 Å². The number of rotatable bonds is 2. The third kappa shape index (κ3) is 3.24. The van der Waals surface area contributed by atoms with E-state index in [1.807, 2.05) is 6.07 Å². The number of nitrogens with zero attached hydrogens (tertiary/aromatic N) is 3. The molecule has 0 spiro atoms. The van der Waals surface area contributed by atoms with Crippen LogP contribution in [0.5, 0.6) is 0 Å². The molecule has 0 aliphatic carbocycles. The Morgan fingerprint density at radius 3 is 2.43 bits per heavy atom. The molecule has 0 aromatic heterocycles. The van der Waals surface area contributed by atoms with Crippen LogP contribution in [0.15, 0.2) is 18.2 Å². The van der Waals surface area contributed by atoms with E-state index in [1.54, 1.807) is 4.90 Å². The summed E-state index contributed by atoms with van der Waals surface area (Å²) in [6.45, 7) is 0.354. The van der Waals surface area contributed by atoms with E-state index in [0.717, 1.165) is 6.07 Å². The normalized spacial score (nSPS) is 16.6. The highest BCUT2D eigenvalue weighted by atomic mass is 19.4. The lowest BCUT2D eigenvalue weighted by atomic mass is 9.95. The minimum absolute atomic E-state index is 0.0364. The summed E-state index contributed by atoms with van der Waals surface area (Å²) in [7, 11) is 0. The van der Waals surface area contributed by atoms with Crippen molar-refractivity contribution in [1.82, 2.24) is 0 Å². The van der Waals surface area contributed by atoms with Crippen molar-refractivity contribution in [2.24, 2.45) is 5.92 Å². The van der Waals surface area contributed by atoms with Gasteiger partial charge in [-0.2, -0.15) is 18.4 Å². The van der Waals surface area contributed by atoms with E-state index in [2.05, 4.69) is 0 Å². The van der Waals surface area contributed by atoms with Gasteiger partial charge in [0.2, 0.25) is 0 Å². The van der Waals surface area contributed by atoms with Crippen molar-refractivity contribution in [3.05, 3.63) is 33.9 Å². The lowest BCUT2D eigenvalue weighted by Gasteiger charge is -2.34. The van der Waals surface area contributed by atoms with Crippen molar-refractivity contribution in [1.29, 1.82) is 5.26 Å². The van der Waals surface area contributed by atoms with Gasteiger partial charge in [-0.1, -0.05) is 0 Å². The molecule has 1 heterocycles. The van der Waals surface area contributed by atoms with Crippen LogP contribution in [-0.4, -0.2) is 24.2 Å². The number of hydrogen-bond donors (Lipinski definition) is 0. The summed E-state index contributed by atoms with van der Waals surface area (Å²) in [5.74, 6) is -1.32. The van der Waals surface area contributed by atoms with Gasteiger partial charge in [-0.15, -0.1) is 0 Å². The van der Waals surface area contributed by atoms with E-state index in [1.165, 1.54) is 12.1 Å². The van der Waals surface area contributed by atoms with E-state index < -0.39 is 17.0 Å². The van der Waals surface area contributed by atoms with Gasteiger partial charge in [0, 0.05) is 25.2 Å². The number of piperidine rings is 1. The third-order valence-electron chi connectivity index (χ3n) is 3.61. The Kier molecular flexibility index (Phi) is 4.02. The van der Waals surface area contributed by atoms with Crippen molar-refractivity contribution in [2.75, 3.05) is 18.0 Å². The zero-order valence-electron chi connectivity index (χ0n) is 10.9. The molecule has 21 heavy (non-hydrogen) atoms. The third-order valence-corrected chi connectivity index (χ3v) is 3.61. The van der Waals surface area contributed by atoms with Gasteiger partial charge in [0.05, 0.1) is 22.1 Å². The zero-order chi connectivity index (χ0) is 15.6. The molecule has 2 rings (SSSR count). The second-order valence-electron chi connectivity index (χ2n) is 4.87. The number of nitro groups is 1. The van der Waals surface area contributed by atoms with Crippen LogP contribution >= 0.6 is 0 Å². The maximum atomic E-state index is 12.6. The molecular formula is C13H12F3N3O2. The highest BCUT2D eigenvalue weighted by Gasteiger charge is 2.41. The highest BCUT2D eigenvalue weighted by Crippen LogP contribution is 2.36. The fraction of sp³-hybridized carbons (Fsp3) is 0.462. The first-order valence-electron chi connectivity index (χ1n) is 6.33. The Labute approximate surface area is 118 Å². The molecule has 112 valence electrons. The highest BCUT2D eigenvalue weighted by molar-refractivity contribution is 5.63. The molecule has 0 saturated carbocycles. The monoisotopic (exact) mass is 299 g/mol. The van der Waals surface area contributed by atoms with Crippen LogP contribution in [0.4, 0.5) is 24.5 Å². The van der Waals surface area contributed by atoms with Gasteiger partial charge in [-0.05, 0) is 18.9 Å². The summed E-state index contributed by atoms with van der Waals surface area (Å²) in [4.78, 5) is 11.7. The molecule has 1 aliphatic heterocycles. The number of halogens is 3. The van der Waals surface area contributed by atoms with Gasteiger partial charge < -0.3 is 4.90 Å². The lowest BCUT2D eigenvalue weighted by Crippen LogP contribution is -2.39. The summed E-state index contributed by atoms with van der Waals surface area (Å²) in [6, 6.07) is 5.68. The minimum atomic E-state index is -4.19. The summed E-state index contributed by atoms with van der Waals surface area (Å²) in [5, 5.41) is 19.7. The van der Waals surface area contributed by atoms with Gasteiger partial charge in [-0.25, -0.2) is 0 Å². The maximum Gasteiger partial charge on any atom is 0.391 e. The molecular weight excluding hydrogens is 287 g/mol. The first kappa shape index (κ1) is 15.1. The second kappa shape index (κ2) is 5.60. The molecule has 0 N–H and O–H groups in total. The van der Waals surface area contributed by atoms with Crippen LogP contribution in [0.3, 0.4) is 0 Å². The average molecular weight is 299 g/mol. The van der Waals surface area contributed by atoms with E-state index in [9.17, 15) is 23.3 Å². The van der Waals surface area contributed by atoms with Crippen LogP contribution in [0, 0.1) is 27.4 Å². The molecule has 5 nitrogen and oxygen atoms in total. The number of non-ortho nitro benzene ring substituents is 1. The number of nitro benzene ring substituents is 1. The van der Waals surface area contributed by atoms with Crippen molar-refractivity contribution in [3.8, 4) is 6.07 Å². The summed E-state index contributed by atoms with van der Waals surface area (Å²) < 4.78 is 37.8. The first-order chi connectivity index (χ1) is 9.82. The standard InChI is InChI=1S/C13H12F3N3O2/c14-13(15,16)10-3-5-18(6-4-10)12-2-1-11(19(20)21)7-9(12)8-17/h1-2,7,10H,3-6H2. The largest absolute Gasteiger partial charge is 0.391 e. The molecule has 0 amide bonds. The Morgan fingerprint density at radius 1 is 1.33 bits per heavy atom. The number of benzene rings is 1. The van der Waals surface area contributed by atoms with Crippen molar-refractivity contribution in [2.45, 2.75) is 19.0 Å². The molecule has 0 unspecified atom stereocenters. The Balaban J connectivity index is 2.17. The Hall–Kier alpha value is -2.30. The number of alkyl halides is 3. The lowest BCUT2D eigenvalue weighted by molar-refractivity contribution is -0.384. The quantitative estimate of drug-likeness (QED) is 0.621.